The van der Waals surface area contributed by atoms with E-state index in [0.717, 1.165) is 22.4 Å². The van der Waals surface area contributed by atoms with Crippen molar-refractivity contribution in [3.63, 3.8) is 0 Å². The summed E-state index contributed by atoms with van der Waals surface area (Å²) >= 11 is 0. The molecule has 0 N–H and O–H groups in total. The van der Waals surface area contributed by atoms with Crippen molar-refractivity contribution in [2.75, 3.05) is 20.8 Å². The van der Waals surface area contributed by atoms with Gasteiger partial charge in [0, 0.05) is 0 Å². The van der Waals surface area contributed by atoms with Crippen LogP contribution in [0.5, 0.6) is 5.75 Å². The van der Waals surface area contributed by atoms with Gasteiger partial charge in [-0.25, -0.2) is 4.79 Å². The van der Waals surface area contributed by atoms with Crippen LogP contribution in [0.4, 0.5) is 0 Å². The molecular formula is C24H27NO5. The minimum Gasteiger partial charge on any atom is -0.503 e. The molecule has 0 bridgehead atoms. The van der Waals surface area contributed by atoms with Crippen molar-refractivity contribution >= 4 is 17.8 Å². The fraction of sp³-hybridized carbons (Fsp3) is 0.333. The highest BCUT2D eigenvalue weighted by Gasteiger charge is 2.21. The molecule has 1 aliphatic rings. The van der Waals surface area contributed by atoms with Crippen LogP contribution in [-0.2, 0) is 25.7 Å². The lowest BCUT2D eigenvalue weighted by Crippen LogP contribution is -2.08. The van der Waals surface area contributed by atoms with Gasteiger partial charge in [0.1, 0.15) is 24.5 Å². The highest BCUT2D eigenvalue weighted by atomic mass is 16.6. The smallest absolute Gasteiger partial charge is 0.341 e. The Morgan fingerprint density at radius 1 is 1.17 bits per heavy atom. The van der Waals surface area contributed by atoms with E-state index in [4.69, 9.17) is 19.0 Å². The maximum absolute atomic E-state index is 12.1. The third-order valence-electron chi connectivity index (χ3n) is 4.81. The Balaban J connectivity index is 1.68. The average molecular weight is 409 g/mol. The number of benzene rings is 2. The first-order chi connectivity index (χ1) is 14.6. The van der Waals surface area contributed by atoms with E-state index in [-0.39, 0.29) is 0 Å². The van der Waals surface area contributed by atoms with Crippen LogP contribution in [-0.4, -0.2) is 33.0 Å². The summed E-state index contributed by atoms with van der Waals surface area (Å²) in [6, 6.07) is 13.4. The van der Waals surface area contributed by atoms with Crippen LogP contribution in [0.15, 0.2) is 53.9 Å². The molecule has 0 aromatic heterocycles. The number of carbonyl (C=O) groups excluding carboxylic acids is 1. The molecule has 30 heavy (non-hydrogen) atoms. The van der Waals surface area contributed by atoms with Gasteiger partial charge in [0.15, 0.2) is 0 Å². The molecule has 2 aromatic rings. The third-order valence-corrected chi connectivity index (χ3v) is 4.81. The Hall–Kier alpha value is -3.28. The predicted molar refractivity (Wildman–Crippen MR) is 115 cm³/mol. The number of carbonyl (C=O) groups is 1. The predicted octanol–water partition coefficient (Wildman–Crippen LogP) is 4.49. The lowest BCUT2D eigenvalue weighted by molar-refractivity contribution is -0.133. The van der Waals surface area contributed by atoms with Gasteiger partial charge >= 0.3 is 5.97 Å². The Morgan fingerprint density at radius 2 is 1.97 bits per heavy atom. The molecule has 0 aliphatic heterocycles. The van der Waals surface area contributed by atoms with Crippen LogP contribution < -0.4 is 4.74 Å². The van der Waals surface area contributed by atoms with Gasteiger partial charge in [-0.1, -0.05) is 29.4 Å². The van der Waals surface area contributed by atoms with Crippen molar-refractivity contribution in [1.82, 2.24) is 0 Å². The lowest BCUT2D eigenvalue weighted by atomic mass is 10.0. The minimum atomic E-state index is -0.465. The summed E-state index contributed by atoms with van der Waals surface area (Å²) in [6.45, 7) is 2.97. The molecule has 0 spiro atoms. The standard InChI is InChI=1S/C24H27NO5/c1-17-12-19(13-25-30-14-18-8-9-18)10-11-23(17)29-15-20-6-4-5-7-21(20)22(16-27-2)24(26)28-3/h4-7,10-13,16,18H,8-9,14-15H2,1-3H3. The maximum Gasteiger partial charge on any atom is 0.341 e. The van der Waals surface area contributed by atoms with E-state index in [1.54, 1.807) is 6.21 Å². The van der Waals surface area contributed by atoms with Crippen LogP contribution in [0.1, 0.15) is 35.1 Å². The van der Waals surface area contributed by atoms with Crippen LogP contribution in [0.2, 0.25) is 0 Å². The third kappa shape index (κ3) is 5.86. The van der Waals surface area contributed by atoms with E-state index in [1.807, 2.05) is 49.4 Å². The van der Waals surface area contributed by atoms with Crippen LogP contribution in [0.3, 0.4) is 0 Å². The maximum atomic E-state index is 12.1. The van der Waals surface area contributed by atoms with Gasteiger partial charge in [-0.3, -0.25) is 0 Å². The van der Waals surface area contributed by atoms with Gasteiger partial charge < -0.3 is 19.0 Å². The molecular weight excluding hydrogens is 382 g/mol. The second-order valence-electron chi connectivity index (χ2n) is 7.20. The number of esters is 1. The van der Waals surface area contributed by atoms with Crippen molar-refractivity contribution in [1.29, 1.82) is 0 Å². The number of aryl methyl sites for hydroxylation is 1. The van der Waals surface area contributed by atoms with Crippen molar-refractivity contribution in [2.24, 2.45) is 11.1 Å². The SMILES string of the molecule is COC=C(C(=O)OC)c1ccccc1COc1ccc(C=NOCC2CC2)cc1C. The molecule has 0 amide bonds. The van der Waals surface area contributed by atoms with Crippen molar-refractivity contribution in [3.05, 3.63) is 71.0 Å². The molecule has 2 aromatic carbocycles. The number of ether oxygens (including phenoxy) is 3. The van der Waals surface area contributed by atoms with E-state index >= 15 is 0 Å². The van der Waals surface area contributed by atoms with Gasteiger partial charge in [-0.15, -0.1) is 0 Å². The van der Waals surface area contributed by atoms with Crippen molar-refractivity contribution in [2.45, 2.75) is 26.4 Å². The first kappa shape index (κ1) is 21.4. The van der Waals surface area contributed by atoms with Gasteiger partial charge in [0.25, 0.3) is 0 Å². The Kier molecular flexibility index (Phi) is 7.49. The second kappa shape index (κ2) is 10.5. The number of hydrogen-bond donors (Lipinski definition) is 0. The normalized spacial score (nSPS) is 13.9. The summed E-state index contributed by atoms with van der Waals surface area (Å²) < 4.78 is 16.0. The Labute approximate surface area is 177 Å². The Bertz CT molecular complexity index is 931. The molecule has 0 atom stereocenters. The fourth-order valence-electron chi connectivity index (χ4n) is 2.96. The van der Waals surface area contributed by atoms with Gasteiger partial charge in [0.2, 0.25) is 0 Å². The molecule has 158 valence electrons. The Morgan fingerprint density at radius 3 is 2.67 bits per heavy atom. The number of methoxy groups -OCH3 is 2. The van der Waals surface area contributed by atoms with Gasteiger partial charge in [-0.05, 0) is 66.1 Å². The van der Waals surface area contributed by atoms with Gasteiger partial charge in [0.05, 0.1) is 26.7 Å². The van der Waals surface area contributed by atoms with Crippen molar-refractivity contribution < 1.29 is 23.8 Å². The summed E-state index contributed by atoms with van der Waals surface area (Å²) in [4.78, 5) is 17.4. The summed E-state index contributed by atoms with van der Waals surface area (Å²) in [5, 5.41) is 4.03. The van der Waals surface area contributed by atoms with Crippen LogP contribution >= 0.6 is 0 Å². The number of nitrogens with zero attached hydrogens (tertiary/aromatic N) is 1. The second-order valence-corrected chi connectivity index (χ2v) is 7.20. The minimum absolute atomic E-state index is 0.299. The zero-order valence-corrected chi connectivity index (χ0v) is 17.6. The monoisotopic (exact) mass is 409 g/mol. The quantitative estimate of drug-likeness (QED) is 0.190. The number of oxime groups is 1. The van der Waals surface area contributed by atoms with Crippen LogP contribution in [0, 0.1) is 12.8 Å². The van der Waals surface area contributed by atoms with Crippen molar-refractivity contribution in [3.8, 4) is 5.75 Å². The number of rotatable bonds is 10. The van der Waals surface area contributed by atoms with E-state index in [9.17, 15) is 4.79 Å². The molecule has 1 aliphatic carbocycles. The molecule has 0 unspecified atom stereocenters. The van der Waals surface area contributed by atoms with E-state index in [1.165, 1.54) is 33.3 Å². The van der Waals surface area contributed by atoms with E-state index in [2.05, 4.69) is 5.16 Å². The average Bonchev–Trinajstić information content (AvgIpc) is 3.59. The topological polar surface area (TPSA) is 66.4 Å². The zero-order valence-electron chi connectivity index (χ0n) is 17.6. The van der Waals surface area contributed by atoms with E-state index < -0.39 is 5.97 Å². The molecule has 6 nitrogen and oxygen atoms in total. The molecule has 0 radical (unpaired) electrons. The molecule has 1 fully saturated rings. The lowest BCUT2D eigenvalue weighted by Gasteiger charge is -2.14. The highest BCUT2D eigenvalue weighted by Crippen LogP contribution is 2.29. The first-order valence-electron chi connectivity index (χ1n) is 9.90. The van der Waals surface area contributed by atoms with Crippen LogP contribution in [0.25, 0.3) is 5.57 Å². The highest BCUT2D eigenvalue weighted by molar-refractivity contribution is 6.16. The summed E-state index contributed by atoms with van der Waals surface area (Å²) in [5.74, 6) is 0.977. The summed E-state index contributed by atoms with van der Waals surface area (Å²) in [6.07, 6.45) is 5.58. The first-order valence-corrected chi connectivity index (χ1v) is 9.90. The van der Waals surface area contributed by atoms with E-state index in [0.29, 0.717) is 30.3 Å². The molecule has 6 heteroatoms. The molecule has 0 heterocycles. The summed E-state index contributed by atoms with van der Waals surface area (Å²) in [5.41, 5.74) is 3.84. The zero-order chi connectivity index (χ0) is 21.3. The number of hydrogen-bond acceptors (Lipinski definition) is 6. The summed E-state index contributed by atoms with van der Waals surface area (Å²) in [7, 11) is 2.84. The molecule has 1 saturated carbocycles. The molecule has 0 saturated heterocycles. The molecule has 3 rings (SSSR count). The van der Waals surface area contributed by atoms with Gasteiger partial charge in [-0.2, -0.15) is 0 Å². The fourth-order valence-corrected chi connectivity index (χ4v) is 2.96. The largest absolute Gasteiger partial charge is 0.503 e.